The van der Waals surface area contributed by atoms with E-state index in [2.05, 4.69) is 4.98 Å². The highest BCUT2D eigenvalue weighted by Gasteiger charge is 2.27. The second-order valence-corrected chi connectivity index (χ2v) is 7.19. The molecule has 3 rings (SSSR count). The number of amides is 1. The number of nitrogens with one attached hydrogen (secondary N) is 1. The summed E-state index contributed by atoms with van der Waals surface area (Å²) in [4.78, 5) is 29.0. The molecule has 6 heteroatoms. The third-order valence-electron chi connectivity index (χ3n) is 3.81. The maximum absolute atomic E-state index is 12.2. The van der Waals surface area contributed by atoms with Crippen molar-refractivity contribution in [3.63, 3.8) is 0 Å². The van der Waals surface area contributed by atoms with E-state index in [4.69, 9.17) is 16.3 Å². The molecule has 23 heavy (non-hydrogen) atoms. The normalized spacial score (nSPS) is 14.7. The van der Waals surface area contributed by atoms with E-state index in [1.165, 1.54) is 0 Å². The maximum Gasteiger partial charge on any atom is 0.410 e. The molecule has 0 bridgehead atoms. The number of aromatic nitrogens is 1. The molecule has 0 saturated carbocycles. The molecule has 0 unspecified atom stereocenters. The van der Waals surface area contributed by atoms with Crippen LogP contribution in [-0.4, -0.2) is 28.1 Å². The van der Waals surface area contributed by atoms with Gasteiger partial charge in [0.25, 0.3) is 5.56 Å². The highest BCUT2D eigenvalue weighted by atomic mass is 35.5. The third kappa shape index (κ3) is 3.20. The topological polar surface area (TPSA) is 62.4 Å². The Labute approximate surface area is 139 Å². The molecule has 122 valence electrons. The van der Waals surface area contributed by atoms with Crippen LogP contribution in [0.5, 0.6) is 0 Å². The van der Waals surface area contributed by atoms with Crippen LogP contribution in [0.25, 0.3) is 10.8 Å². The summed E-state index contributed by atoms with van der Waals surface area (Å²) in [7, 11) is 0. The first kappa shape index (κ1) is 15.9. The molecule has 1 aromatic heterocycles. The summed E-state index contributed by atoms with van der Waals surface area (Å²) in [5, 5.41) is 2.08. The monoisotopic (exact) mass is 334 g/mol. The van der Waals surface area contributed by atoms with E-state index in [-0.39, 0.29) is 11.7 Å². The van der Waals surface area contributed by atoms with E-state index in [1.807, 2.05) is 26.8 Å². The summed E-state index contributed by atoms with van der Waals surface area (Å²) >= 11 is 6.07. The van der Waals surface area contributed by atoms with Crippen LogP contribution < -0.4 is 5.56 Å². The molecule has 5 nitrogen and oxygen atoms in total. The highest BCUT2D eigenvalue weighted by molar-refractivity contribution is 6.31. The molecule has 0 fully saturated rings. The van der Waals surface area contributed by atoms with Gasteiger partial charge in [0.15, 0.2) is 0 Å². The number of halogens is 1. The Bertz CT molecular complexity index is 836. The van der Waals surface area contributed by atoms with Crippen molar-refractivity contribution in [2.45, 2.75) is 39.3 Å². The first-order chi connectivity index (χ1) is 10.7. The van der Waals surface area contributed by atoms with Crippen molar-refractivity contribution in [2.24, 2.45) is 0 Å². The molecule has 0 spiro atoms. The van der Waals surface area contributed by atoms with Gasteiger partial charge in [0.2, 0.25) is 0 Å². The van der Waals surface area contributed by atoms with Gasteiger partial charge in [0.1, 0.15) is 5.60 Å². The molecule has 1 aliphatic heterocycles. The fourth-order valence-corrected chi connectivity index (χ4v) is 3.00. The number of carbonyl (C=O) groups excluding carboxylic acids is 1. The summed E-state index contributed by atoms with van der Waals surface area (Å²) in [6.45, 7) is 6.39. The number of hydrogen-bond acceptors (Lipinski definition) is 3. The van der Waals surface area contributed by atoms with Gasteiger partial charge in [-0.3, -0.25) is 4.79 Å². The van der Waals surface area contributed by atoms with Crippen LogP contribution in [0.2, 0.25) is 5.02 Å². The van der Waals surface area contributed by atoms with E-state index in [9.17, 15) is 9.59 Å². The molecule has 0 atom stereocenters. The minimum Gasteiger partial charge on any atom is -0.444 e. The van der Waals surface area contributed by atoms with Gasteiger partial charge < -0.3 is 14.6 Å². The number of hydrogen-bond donors (Lipinski definition) is 1. The Morgan fingerprint density at radius 1 is 1.30 bits per heavy atom. The smallest absolute Gasteiger partial charge is 0.410 e. The fourth-order valence-electron chi connectivity index (χ4n) is 2.83. The Balaban J connectivity index is 1.97. The summed E-state index contributed by atoms with van der Waals surface area (Å²) in [5.74, 6) is 0. The molecular weight excluding hydrogens is 316 g/mol. The molecular formula is C17H19ClN2O3. The molecule has 1 amide bonds. The van der Waals surface area contributed by atoms with Crippen molar-refractivity contribution >= 4 is 28.5 Å². The van der Waals surface area contributed by atoms with Crippen LogP contribution >= 0.6 is 11.6 Å². The van der Waals surface area contributed by atoms with Crippen LogP contribution in [0.4, 0.5) is 4.79 Å². The average Bonchev–Trinajstić information content (AvgIpc) is 2.44. The van der Waals surface area contributed by atoms with Crippen LogP contribution in [0.1, 0.15) is 32.0 Å². The van der Waals surface area contributed by atoms with Gasteiger partial charge in [-0.1, -0.05) is 11.6 Å². The molecule has 1 aliphatic rings. The van der Waals surface area contributed by atoms with Crippen molar-refractivity contribution in [3.8, 4) is 0 Å². The van der Waals surface area contributed by atoms with Gasteiger partial charge in [-0.15, -0.1) is 0 Å². The predicted octanol–water partition coefficient (Wildman–Crippen LogP) is 3.47. The van der Waals surface area contributed by atoms with E-state index in [1.54, 1.807) is 17.0 Å². The van der Waals surface area contributed by atoms with Gasteiger partial charge >= 0.3 is 6.09 Å². The number of H-pyrrole nitrogens is 1. The van der Waals surface area contributed by atoms with Crippen molar-refractivity contribution in [3.05, 3.63) is 44.8 Å². The number of pyridine rings is 1. The molecule has 0 aliphatic carbocycles. The summed E-state index contributed by atoms with van der Waals surface area (Å²) < 4.78 is 5.40. The summed E-state index contributed by atoms with van der Waals surface area (Å²) in [6.07, 6.45) is 0.289. The van der Waals surface area contributed by atoms with Gasteiger partial charge in [0, 0.05) is 22.6 Å². The maximum atomic E-state index is 12.2. The van der Waals surface area contributed by atoms with Crippen LogP contribution in [0.15, 0.2) is 23.0 Å². The molecule has 2 heterocycles. The number of nitrogens with zero attached hydrogens (tertiary/aromatic N) is 1. The van der Waals surface area contributed by atoms with Crippen molar-refractivity contribution < 1.29 is 9.53 Å². The number of aromatic amines is 1. The van der Waals surface area contributed by atoms with Crippen LogP contribution in [0, 0.1) is 0 Å². The quantitative estimate of drug-likeness (QED) is 0.802. The zero-order chi connectivity index (χ0) is 16.8. The Hall–Kier alpha value is -2.01. The van der Waals surface area contributed by atoms with E-state index < -0.39 is 5.60 Å². The van der Waals surface area contributed by atoms with Gasteiger partial charge in [-0.2, -0.15) is 0 Å². The first-order valence-electron chi connectivity index (χ1n) is 7.56. The van der Waals surface area contributed by atoms with Gasteiger partial charge in [0.05, 0.1) is 6.54 Å². The largest absolute Gasteiger partial charge is 0.444 e. The molecule has 1 N–H and O–H groups in total. The number of rotatable bonds is 0. The van der Waals surface area contributed by atoms with Crippen molar-refractivity contribution in [2.75, 3.05) is 6.54 Å². The number of ether oxygens (including phenoxy) is 1. The minimum absolute atomic E-state index is 0.165. The zero-order valence-electron chi connectivity index (χ0n) is 13.4. The molecule has 1 aromatic carbocycles. The second-order valence-electron chi connectivity index (χ2n) is 6.75. The van der Waals surface area contributed by atoms with Crippen LogP contribution in [-0.2, 0) is 17.7 Å². The Kier molecular flexibility index (Phi) is 3.84. The van der Waals surface area contributed by atoms with Crippen LogP contribution in [0.3, 0.4) is 0 Å². The van der Waals surface area contributed by atoms with Crippen molar-refractivity contribution in [1.29, 1.82) is 0 Å². The average molecular weight is 335 g/mol. The minimum atomic E-state index is -0.540. The number of carbonyl (C=O) groups is 1. The lowest BCUT2D eigenvalue weighted by Gasteiger charge is -2.31. The third-order valence-corrected chi connectivity index (χ3v) is 4.05. The predicted molar refractivity (Wildman–Crippen MR) is 89.9 cm³/mol. The lowest BCUT2D eigenvalue weighted by Crippen LogP contribution is -2.40. The second kappa shape index (κ2) is 5.57. The molecule has 0 radical (unpaired) electrons. The first-order valence-corrected chi connectivity index (χ1v) is 7.93. The Morgan fingerprint density at radius 2 is 2.04 bits per heavy atom. The van der Waals surface area contributed by atoms with E-state index >= 15 is 0 Å². The SMILES string of the molecule is CC(C)(C)OC(=O)N1CCc2c([nH]c(=O)c3ccc(Cl)cc23)C1. The lowest BCUT2D eigenvalue weighted by molar-refractivity contribution is 0.0221. The van der Waals surface area contributed by atoms with Gasteiger partial charge in [-0.05, 0) is 56.3 Å². The molecule has 0 saturated heterocycles. The molecule has 2 aromatic rings. The van der Waals surface area contributed by atoms with E-state index in [0.717, 1.165) is 16.6 Å². The summed E-state index contributed by atoms with van der Waals surface area (Å²) in [6, 6.07) is 5.26. The number of fused-ring (bicyclic) bond motifs is 3. The zero-order valence-corrected chi connectivity index (χ0v) is 14.2. The van der Waals surface area contributed by atoms with Gasteiger partial charge in [-0.25, -0.2) is 4.79 Å². The lowest BCUT2D eigenvalue weighted by atomic mass is 9.98. The Morgan fingerprint density at radius 3 is 2.74 bits per heavy atom. The summed E-state index contributed by atoms with van der Waals surface area (Å²) in [5.41, 5.74) is 1.09. The standard InChI is InChI=1S/C17H19ClN2O3/c1-17(2,3)23-16(22)20-7-6-11-13-8-10(18)4-5-12(13)15(21)19-14(11)9-20/h4-5,8H,6-7,9H2,1-3H3,(H,19,21). The highest BCUT2D eigenvalue weighted by Crippen LogP contribution is 2.27. The van der Waals surface area contributed by atoms with E-state index in [0.29, 0.717) is 29.9 Å². The fraction of sp³-hybridized carbons (Fsp3) is 0.412. The van der Waals surface area contributed by atoms with Crippen molar-refractivity contribution in [1.82, 2.24) is 9.88 Å². The number of benzene rings is 1.